The molecule has 4 aromatic rings. The Morgan fingerprint density at radius 2 is 1.75 bits per heavy atom. The summed E-state index contributed by atoms with van der Waals surface area (Å²) < 4.78 is 5.83. The lowest BCUT2D eigenvalue weighted by Crippen LogP contribution is -1.97. The average molecular weight is 384 g/mol. The largest absolute Gasteiger partial charge is 0.457 e. The zero-order valence-electron chi connectivity index (χ0n) is 14.9. The maximum Gasteiger partial charge on any atom is 0.271 e. The number of anilines is 1. The number of nitrogens with one attached hydrogen (secondary N) is 1. The summed E-state index contributed by atoms with van der Waals surface area (Å²) in [6, 6.07) is 21.2. The molecule has 0 radical (unpaired) electrons. The summed E-state index contributed by atoms with van der Waals surface area (Å²) >= 11 is 1.63. The predicted molar refractivity (Wildman–Crippen MR) is 112 cm³/mol. The lowest BCUT2D eigenvalue weighted by atomic mass is 10.2. The van der Waals surface area contributed by atoms with Crippen molar-refractivity contribution in [1.29, 1.82) is 0 Å². The van der Waals surface area contributed by atoms with E-state index in [9.17, 15) is 0 Å². The fraction of sp³-hybridized carbons (Fsp3) is 0.0455. The monoisotopic (exact) mass is 384 g/mol. The van der Waals surface area contributed by atoms with Crippen LogP contribution in [-0.2, 0) is 6.54 Å². The SMILES string of the molecule is [C-]#[N+]c1cc(NCc2cnc(-c3ccc(Oc4ccccc4)cc3)s2)ccn1. The van der Waals surface area contributed by atoms with Crippen LogP contribution in [0.2, 0.25) is 0 Å². The van der Waals surface area contributed by atoms with Crippen molar-refractivity contribution in [3.05, 3.63) is 95.4 Å². The van der Waals surface area contributed by atoms with E-state index in [0.29, 0.717) is 12.4 Å². The van der Waals surface area contributed by atoms with Crippen molar-refractivity contribution < 1.29 is 4.74 Å². The first-order valence-corrected chi connectivity index (χ1v) is 9.47. The number of pyridine rings is 1. The third kappa shape index (κ3) is 4.34. The summed E-state index contributed by atoms with van der Waals surface area (Å²) in [7, 11) is 0. The molecule has 2 aromatic carbocycles. The van der Waals surface area contributed by atoms with Crippen LogP contribution >= 0.6 is 11.3 Å². The number of hydrogen-bond donors (Lipinski definition) is 1. The zero-order valence-corrected chi connectivity index (χ0v) is 15.7. The highest BCUT2D eigenvalue weighted by atomic mass is 32.1. The molecule has 0 spiro atoms. The van der Waals surface area contributed by atoms with Crippen molar-refractivity contribution in [3.63, 3.8) is 0 Å². The van der Waals surface area contributed by atoms with E-state index in [1.807, 2.05) is 66.9 Å². The smallest absolute Gasteiger partial charge is 0.271 e. The molecule has 0 fully saturated rings. The molecule has 0 aliphatic heterocycles. The Morgan fingerprint density at radius 3 is 2.54 bits per heavy atom. The number of para-hydroxylation sites is 1. The van der Waals surface area contributed by atoms with Gasteiger partial charge in [-0.05, 0) is 42.5 Å². The predicted octanol–water partition coefficient (Wildman–Crippen LogP) is 6.16. The normalized spacial score (nSPS) is 10.2. The molecule has 5 nitrogen and oxygen atoms in total. The summed E-state index contributed by atoms with van der Waals surface area (Å²) in [6.07, 6.45) is 3.51. The van der Waals surface area contributed by atoms with E-state index in [-0.39, 0.29) is 0 Å². The zero-order chi connectivity index (χ0) is 19.2. The van der Waals surface area contributed by atoms with Crippen molar-refractivity contribution >= 4 is 22.8 Å². The van der Waals surface area contributed by atoms with Gasteiger partial charge >= 0.3 is 0 Å². The highest BCUT2D eigenvalue weighted by Crippen LogP contribution is 2.29. The van der Waals surface area contributed by atoms with Gasteiger partial charge in [-0.25, -0.2) is 4.98 Å². The minimum absolute atomic E-state index is 0.382. The number of ether oxygens (including phenoxy) is 1. The van der Waals surface area contributed by atoms with Gasteiger partial charge in [0.2, 0.25) is 0 Å². The third-order valence-corrected chi connectivity index (χ3v) is 5.01. The lowest BCUT2D eigenvalue weighted by Gasteiger charge is -2.05. The molecule has 0 unspecified atom stereocenters. The Kier molecular flexibility index (Phi) is 5.27. The molecule has 0 aliphatic rings. The average Bonchev–Trinajstić information content (AvgIpc) is 3.23. The van der Waals surface area contributed by atoms with E-state index in [2.05, 4.69) is 20.1 Å². The van der Waals surface area contributed by atoms with E-state index in [4.69, 9.17) is 11.3 Å². The molecule has 136 valence electrons. The molecule has 0 bridgehead atoms. The first-order valence-electron chi connectivity index (χ1n) is 8.65. The van der Waals surface area contributed by atoms with Crippen molar-refractivity contribution in [3.8, 4) is 22.1 Å². The second kappa shape index (κ2) is 8.33. The Balaban J connectivity index is 1.40. The van der Waals surface area contributed by atoms with Crippen molar-refractivity contribution in [1.82, 2.24) is 9.97 Å². The quantitative estimate of drug-likeness (QED) is 0.405. The molecular weight excluding hydrogens is 368 g/mol. The van der Waals surface area contributed by atoms with Crippen molar-refractivity contribution in [2.75, 3.05) is 5.32 Å². The molecule has 0 saturated carbocycles. The molecular formula is C22H16N4OS. The minimum atomic E-state index is 0.382. The molecule has 4 rings (SSSR count). The number of aromatic nitrogens is 2. The molecule has 2 heterocycles. The maximum absolute atomic E-state index is 7.03. The van der Waals surface area contributed by atoms with Gasteiger partial charge in [0.05, 0.1) is 6.54 Å². The second-order valence-electron chi connectivity index (χ2n) is 5.94. The van der Waals surface area contributed by atoms with Gasteiger partial charge in [0.1, 0.15) is 22.7 Å². The molecule has 1 N–H and O–H groups in total. The molecule has 0 aliphatic carbocycles. The van der Waals surface area contributed by atoms with Gasteiger partial charge in [-0.1, -0.05) is 24.8 Å². The van der Waals surface area contributed by atoms with E-state index in [1.165, 1.54) is 0 Å². The van der Waals surface area contributed by atoms with Crippen molar-refractivity contribution in [2.45, 2.75) is 6.54 Å². The summed E-state index contributed by atoms with van der Waals surface area (Å²) in [5.74, 6) is 1.99. The first kappa shape index (κ1) is 17.7. The van der Waals surface area contributed by atoms with Crippen LogP contribution in [0.25, 0.3) is 15.4 Å². The van der Waals surface area contributed by atoms with Crippen LogP contribution in [0, 0.1) is 6.57 Å². The number of nitrogens with zero attached hydrogens (tertiary/aromatic N) is 3. The Morgan fingerprint density at radius 1 is 0.964 bits per heavy atom. The topological polar surface area (TPSA) is 51.4 Å². The van der Waals surface area contributed by atoms with Gasteiger partial charge in [-0.3, -0.25) is 0 Å². The van der Waals surface area contributed by atoms with Crippen LogP contribution < -0.4 is 10.1 Å². The van der Waals surface area contributed by atoms with Gasteiger partial charge in [0.25, 0.3) is 5.82 Å². The van der Waals surface area contributed by atoms with E-state index >= 15 is 0 Å². The van der Waals surface area contributed by atoms with Gasteiger partial charge in [-0.2, -0.15) is 0 Å². The summed E-state index contributed by atoms with van der Waals surface area (Å²) in [5.41, 5.74) is 1.93. The Hall–Kier alpha value is -3.69. The second-order valence-corrected chi connectivity index (χ2v) is 7.05. The van der Waals surface area contributed by atoms with Gasteiger partial charge < -0.3 is 14.9 Å². The highest BCUT2D eigenvalue weighted by Gasteiger charge is 2.06. The Bertz CT molecular complexity index is 1100. The standard InChI is InChI=1S/C22H16N4OS/c1-23-21-13-17(11-12-24-21)25-14-20-15-26-22(28-20)16-7-9-19(10-8-16)27-18-5-3-2-4-6-18/h2-13,15H,14H2,(H,24,25). The van der Waals surface area contributed by atoms with E-state index in [1.54, 1.807) is 23.6 Å². The van der Waals surface area contributed by atoms with Gasteiger partial charge in [-0.15, -0.1) is 16.3 Å². The van der Waals surface area contributed by atoms with Crippen LogP contribution in [0.15, 0.2) is 79.1 Å². The molecule has 6 heteroatoms. The number of hydrogen-bond acceptors (Lipinski definition) is 5. The molecule has 0 atom stereocenters. The van der Waals surface area contributed by atoms with E-state index < -0.39 is 0 Å². The Labute approximate surface area is 167 Å². The van der Waals surface area contributed by atoms with Crippen LogP contribution in [0.1, 0.15) is 4.88 Å². The van der Waals surface area contributed by atoms with Gasteiger partial charge in [0, 0.05) is 28.4 Å². The molecule has 2 aromatic heterocycles. The van der Waals surface area contributed by atoms with Crippen LogP contribution in [0.4, 0.5) is 11.5 Å². The third-order valence-electron chi connectivity index (χ3n) is 3.96. The lowest BCUT2D eigenvalue weighted by molar-refractivity contribution is 0.483. The van der Waals surface area contributed by atoms with Crippen LogP contribution in [0.5, 0.6) is 11.5 Å². The molecule has 28 heavy (non-hydrogen) atoms. The molecule has 0 saturated heterocycles. The van der Waals surface area contributed by atoms with Crippen molar-refractivity contribution in [2.24, 2.45) is 0 Å². The maximum atomic E-state index is 7.03. The number of rotatable bonds is 6. The van der Waals surface area contributed by atoms with E-state index in [0.717, 1.165) is 32.6 Å². The fourth-order valence-electron chi connectivity index (χ4n) is 2.59. The fourth-order valence-corrected chi connectivity index (χ4v) is 3.45. The summed E-state index contributed by atoms with van der Waals surface area (Å²) in [4.78, 5) is 13.0. The van der Waals surface area contributed by atoms with Gasteiger partial charge in [0.15, 0.2) is 0 Å². The summed E-state index contributed by atoms with van der Waals surface area (Å²) in [6.45, 7) is 7.68. The highest BCUT2D eigenvalue weighted by molar-refractivity contribution is 7.15. The molecule has 0 amide bonds. The summed E-state index contributed by atoms with van der Waals surface area (Å²) in [5, 5.41) is 4.26. The van der Waals surface area contributed by atoms with Crippen LogP contribution in [-0.4, -0.2) is 9.97 Å². The first-order chi connectivity index (χ1) is 13.8. The number of thiazole rings is 1. The number of benzene rings is 2. The van der Waals surface area contributed by atoms with Crippen LogP contribution in [0.3, 0.4) is 0 Å². The minimum Gasteiger partial charge on any atom is -0.457 e.